The molecule has 0 amide bonds. The highest BCUT2D eigenvalue weighted by Gasteiger charge is 2.31. The first-order valence-electron chi connectivity index (χ1n) is 7.60. The first-order valence-corrected chi connectivity index (χ1v) is 8.89. The van der Waals surface area contributed by atoms with E-state index in [1.807, 2.05) is 29.5 Å². The summed E-state index contributed by atoms with van der Waals surface area (Å²) in [6, 6.07) is 10.6. The van der Waals surface area contributed by atoms with Crippen LogP contribution in [0.4, 0.5) is 0 Å². The molecule has 3 nitrogen and oxygen atoms in total. The second-order valence-corrected chi connectivity index (χ2v) is 6.78. The van der Waals surface area contributed by atoms with Gasteiger partial charge in [-0.3, -0.25) is 0 Å². The Labute approximate surface area is 146 Å². The summed E-state index contributed by atoms with van der Waals surface area (Å²) in [7, 11) is 1.69. The van der Waals surface area contributed by atoms with Crippen molar-refractivity contribution in [1.82, 2.24) is 10.2 Å². The summed E-state index contributed by atoms with van der Waals surface area (Å²) in [6.07, 6.45) is 2.87. The van der Waals surface area contributed by atoms with E-state index in [1.54, 1.807) is 7.11 Å². The lowest BCUT2D eigenvalue weighted by Gasteiger charge is -2.38. The highest BCUT2D eigenvalue weighted by molar-refractivity contribution is 7.80. The van der Waals surface area contributed by atoms with Crippen LogP contribution in [-0.2, 0) is 6.42 Å². The Morgan fingerprint density at radius 2 is 2.22 bits per heavy atom. The molecule has 1 aliphatic heterocycles. The number of methoxy groups -OCH3 is 1. The van der Waals surface area contributed by atoms with Gasteiger partial charge in [0.15, 0.2) is 5.11 Å². The van der Waals surface area contributed by atoms with Gasteiger partial charge in [-0.1, -0.05) is 18.2 Å². The van der Waals surface area contributed by atoms with Crippen LogP contribution in [-0.4, -0.2) is 30.2 Å². The van der Waals surface area contributed by atoms with Crippen molar-refractivity contribution < 1.29 is 4.74 Å². The zero-order valence-corrected chi connectivity index (χ0v) is 14.8. The van der Waals surface area contributed by atoms with Crippen molar-refractivity contribution >= 4 is 28.7 Å². The summed E-state index contributed by atoms with van der Waals surface area (Å²) < 4.78 is 5.28. The van der Waals surface area contributed by atoms with Gasteiger partial charge in [0.1, 0.15) is 5.75 Å². The van der Waals surface area contributed by atoms with Crippen molar-refractivity contribution in [3.8, 4) is 5.75 Å². The van der Waals surface area contributed by atoms with Gasteiger partial charge in [-0.2, -0.15) is 0 Å². The van der Waals surface area contributed by atoms with Gasteiger partial charge in [-0.25, -0.2) is 0 Å². The van der Waals surface area contributed by atoms with Gasteiger partial charge >= 0.3 is 0 Å². The van der Waals surface area contributed by atoms with Crippen LogP contribution in [0.25, 0.3) is 0 Å². The maximum absolute atomic E-state index is 5.61. The van der Waals surface area contributed by atoms with Gasteiger partial charge in [0.05, 0.1) is 13.2 Å². The molecule has 1 atom stereocenters. The minimum atomic E-state index is 0.153. The van der Waals surface area contributed by atoms with Crippen LogP contribution in [0.3, 0.4) is 0 Å². The Kier molecular flexibility index (Phi) is 4.98. The quantitative estimate of drug-likeness (QED) is 0.674. The molecule has 1 aromatic carbocycles. The van der Waals surface area contributed by atoms with Gasteiger partial charge in [-0.05, 0) is 53.3 Å². The number of thiophene rings is 1. The van der Waals surface area contributed by atoms with E-state index in [-0.39, 0.29) is 6.04 Å². The number of benzene rings is 1. The van der Waals surface area contributed by atoms with Crippen LogP contribution in [0.1, 0.15) is 22.0 Å². The van der Waals surface area contributed by atoms with Crippen LogP contribution < -0.4 is 10.1 Å². The molecule has 1 aliphatic rings. The molecule has 120 valence electrons. The Morgan fingerprint density at radius 1 is 1.43 bits per heavy atom. The van der Waals surface area contributed by atoms with E-state index in [2.05, 4.69) is 40.4 Å². The monoisotopic (exact) mass is 344 g/mol. The number of fused-ring (bicyclic) bond motifs is 1. The number of nitrogens with one attached hydrogen (secondary N) is 1. The van der Waals surface area contributed by atoms with E-state index in [0.29, 0.717) is 6.54 Å². The van der Waals surface area contributed by atoms with Crippen LogP contribution in [0.15, 0.2) is 48.4 Å². The lowest BCUT2D eigenvalue weighted by molar-refractivity contribution is 0.337. The molecule has 0 saturated heterocycles. The number of ether oxygens (including phenoxy) is 1. The molecule has 0 unspecified atom stereocenters. The predicted molar refractivity (Wildman–Crippen MR) is 100 cm³/mol. The highest BCUT2D eigenvalue weighted by atomic mass is 32.1. The van der Waals surface area contributed by atoms with Crippen molar-refractivity contribution in [3.05, 3.63) is 64.4 Å². The largest absolute Gasteiger partial charge is 0.497 e. The van der Waals surface area contributed by atoms with Crippen molar-refractivity contribution in [2.75, 3.05) is 20.2 Å². The van der Waals surface area contributed by atoms with Crippen LogP contribution in [0.2, 0.25) is 0 Å². The molecule has 0 aliphatic carbocycles. The normalized spacial score (nSPS) is 16.6. The lowest BCUT2D eigenvalue weighted by Crippen LogP contribution is -2.45. The second kappa shape index (κ2) is 7.15. The standard InChI is InChI=1S/C18H20N2OS2/c1-3-10-19-18(22)20-11-8-16-15(9-12-23-16)17(20)13-4-6-14(21-2)7-5-13/h3-7,9,12,17H,1,8,10-11H2,2H3,(H,19,22)/t17-/m0/s1. The molecule has 0 bridgehead atoms. The lowest BCUT2D eigenvalue weighted by atomic mass is 9.93. The minimum Gasteiger partial charge on any atom is -0.497 e. The molecule has 2 aromatic rings. The fourth-order valence-corrected chi connectivity index (χ4v) is 4.13. The third-order valence-corrected chi connectivity index (χ3v) is 5.43. The van der Waals surface area contributed by atoms with Crippen molar-refractivity contribution in [3.63, 3.8) is 0 Å². The van der Waals surface area contributed by atoms with E-state index in [9.17, 15) is 0 Å². The number of nitrogens with zero attached hydrogens (tertiary/aromatic N) is 1. The van der Waals surface area contributed by atoms with E-state index in [4.69, 9.17) is 17.0 Å². The second-order valence-electron chi connectivity index (χ2n) is 5.39. The van der Waals surface area contributed by atoms with E-state index in [1.165, 1.54) is 16.0 Å². The topological polar surface area (TPSA) is 24.5 Å². The first kappa shape index (κ1) is 16.0. The van der Waals surface area contributed by atoms with Crippen molar-refractivity contribution in [2.45, 2.75) is 12.5 Å². The molecule has 0 radical (unpaired) electrons. The Hall–Kier alpha value is -1.85. The zero-order chi connectivity index (χ0) is 16.2. The summed E-state index contributed by atoms with van der Waals surface area (Å²) in [5.74, 6) is 0.869. The van der Waals surface area contributed by atoms with Gasteiger partial charge in [0, 0.05) is 18.0 Å². The van der Waals surface area contributed by atoms with Crippen LogP contribution >= 0.6 is 23.6 Å². The first-order chi connectivity index (χ1) is 11.2. The molecular weight excluding hydrogens is 324 g/mol. The third-order valence-electron chi connectivity index (χ3n) is 4.06. The summed E-state index contributed by atoms with van der Waals surface area (Å²) in [6.45, 7) is 5.35. The molecule has 2 heterocycles. The average Bonchev–Trinajstić information content (AvgIpc) is 3.07. The zero-order valence-electron chi connectivity index (χ0n) is 13.1. The van der Waals surface area contributed by atoms with E-state index in [0.717, 1.165) is 23.8 Å². The van der Waals surface area contributed by atoms with Gasteiger partial charge in [-0.15, -0.1) is 17.9 Å². The number of hydrogen-bond acceptors (Lipinski definition) is 3. The Balaban J connectivity index is 1.95. The predicted octanol–water partition coefficient (Wildman–Crippen LogP) is 3.76. The third kappa shape index (κ3) is 3.26. The van der Waals surface area contributed by atoms with Crippen LogP contribution in [0, 0.1) is 0 Å². The summed E-state index contributed by atoms with van der Waals surface area (Å²) >= 11 is 7.45. The minimum absolute atomic E-state index is 0.153. The summed E-state index contributed by atoms with van der Waals surface area (Å²) in [5, 5.41) is 6.22. The Morgan fingerprint density at radius 3 is 2.91 bits per heavy atom. The SMILES string of the molecule is C=CCNC(=S)N1CCc2sccc2[C@@H]1c1ccc(OC)cc1. The van der Waals surface area contributed by atoms with Crippen molar-refractivity contribution in [2.24, 2.45) is 0 Å². The summed E-state index contributed by atoms with van der Waals surface area (Å²) in [5.41, 5.74) is 2.59. The summed E-state index contributed by atoms with van der Waals surface area (Å²) in [4.78, 5) is 3.73. The van der Waals surface area contributed by atoms with E-state index < -0.39 is 0 Å². The van der Waals surface area contributed by atoms with Gasteiger partial charge in [0.25, 0.3) is 0 Å². The fraction of sp³-hybridized carbons (Fsp3) is 0.278. The maximum Gasteiger partial charge on any atom is 0.169 e. The average molecular weight is 345 g/mol. The Bertz CT molecular complexity index is 693. The molecule has 1 N–H and O–H groups in total. The van der Waals surface area contributed by atoms with E-state index >= 15 is 0 Å². The van der Waals surface area contributed by atoms with Crippen LogP contribution in [0.5, 0.6) is 5.75 Å². The highest BCUT2D eigenvalue weighted by Crippen LogP contribution is 2.38. The van der Waals surface area contributed by atoms with Gasteiger partial charge < -0.3 is 15.0 Å². The number of rotatable bonds is 4. The fourth-order valence-electron chi connectivity index (χ4n) is 2.94. The number of hydrogen-bond donors (Lipinski definition) is 1. The molecule has 0 fully saturated rings. The smallest absolute Gasteiger partial charge is 0.169 e. The molecule has 0 spiro atoms. The number of thiocarbonyl (C=S) groups is 1. The van der Waals surface area contributed by atoms with Gasteiger partial charge in [0.2, 0.25) is 0 Å². The molecule has 3 rings (SSSR count). The molecule has 5 heteroatoms. The molecular formula is C18H20N2OS2. The van der Waals surface area contributed by atoms with Crippen molar-refractivity contribution in [1.29, 1.82) is 0 Å². The molecule has 0 saturated carbocycles. The molecule has 1 aromatic heterocycles. The molecule has 23 heavy (non-hydrogen) atoms. The maximum atomic E-state index is 5.61.